The molecule has 3 aromatic rings. The molecule has 2 aromatic heterocycles. The summed E-state index contributed by atoms with van der Waals surface area (Å²) in [5, 5.41) is 0.921. The number of para-hydroxylation sites is 1. The number of aryl methyl sites for hydroxylation is 1. The van der Waals surface area contributed by atoms with Crippen molar-refractivity contribution in [2.45, 2.75) is 179 Å². The molecule has 0 radical (unpaired) electrons. The minimum atomic E-state index is -3.96. The van der Waals surface area contributed by atoms with E-state index < -0.39 is 55.7 Å². The van der Waals surface area contributed by atoms with Crippen molar-refractivity contribution in [1.82, 2.24) is 24.2 Å². The Labute approximate surface area is 376 Å². The van der Waals surface area contributed by atoms with Crippen LogP contribution in [0.5, 0.6) is 6.01 Å². The number of amides is 2. The number of rotatable bonds is 9. The number of nitrogens with one attached hydrogen (secondary N) is 1. The van der Waals surface area contributed by atoms with Gasteiger partial charge in [-0.3, -0.25) is 28.5 Å². The lowest BCUT2D eigenvalue weighted by molar-refractivity contribution is -0.159. The number of sulfonamides is 1. The fourth-order valence-electron chi connectivity index (χ4n) is 9.98. The van der Waals surface area contributed by atoms with Crippen molar-refractivity contribution in [2.75, 3.05) is 6.54 Å². The number of carbonyl (C=O) groups is 4. The second-order valence-corrected chi connectivity index (χ2v) is 24.4. The summed E-state index contributed by atoms with van der Waals surface area (Å²) in [6.45, 7) is 15.7. The van der Waals surface area contributed by atoms with E-state index in [0.29, 0.717) is 38.1 Å². The molecule has 63 heavy (non-hydrogen) atoms. The summed E-state index contributed by atoms with van der Waals surface area (Å²) in [6, 6.07) is 5.44. The summed E-state index contributed by atoms with van der Waals surface area (Å²) >= 11 is 1.73. The topological polar surface area (TPSA) is 167 Å². The molecule has 4 heterocycles. The molecule has 1 saturated heterocycles. The normalized spacial score (nSPS) is 27.7. The van der Waals surface area contributed by atoms with E-state index in [9.17, 15) is 27.6 Å². The van der Waals surface area contributed by atoms with Gasteiger partial charge in [0, 0.05) is 40.7 Å². The van der Waals surface area contributed by atoms with Crippen LogP contribution < -0.4 is 9.46 Å². The molecular formula is C48H65N5O8S2. The van der Waals surface area contributed by atoms with Crippen LogP contribution in [-0.4, -0.2) is 80.5 Å². The Morgan fingerprint density at radius 3 is 2.49 bits per heavy atom. The number of aromatic nitrogens is 3. The van der Waals surface area contributed by atoms with E-state index in [1.54, 1.807) is 43.9 Å². The second-order valence-electron chi connectivity index (χ2n) is 21.1. The van der Waals surface area contributed by atoms with E-state index in [1.807, 2.05) is 28.9 Å². The van der Waals surface area contributed by atoms with E-state index in [1.165, 1.54) is 4.88 Å². The number of hydrogen-bond donors (Lipinski definition) is 1. The molecule has 8 rings (SSSR count). The predicted octanol–water partition coefficient (Wildman–Crippen LogP) is 8.54. The fourth-order valence-corrected chi connectivity index (χ4v) is 12.6. The molecule has 342 valence electrons. The standard InChI is InChI=1S/C48H65N5O8S2/c1-29(2)53-34-19-14-18-33(41-50-40-37(62-41)20-15-21-46(40,6)7)39(34)49-44(53)60-32-25-35-36(54)27-48(43(57)51-63(58,59)47(8)22-23-47)26-31(48)17-13-11-9-10-12-16-30(42(56)52(35)28-32)24-38(55)61-45(3,4)5/h13-14,17-19,29-32,35H,9-12,15-16,20-28H2,1-8H3,(H,51,57)/b17-13-/t30-,31-,32-,35+,48-/m1/s1. The number of ketones is 1. The van der Waals surface area contributed by atoms with Gasteiger partial charge in [0.25, 0.3) is 6.01 Å². The van der Waals surface area contributed by atoms with Crippen LogP contribution in [0.25, 0.3) is 21.6 Å². The summed E-state index contributed by atoms with van der Waals surface area (Å²) in [7, 11) is -3.96. The molecule has 1 aromatic carbocycles. The van der Waals surface area contributed by atoms with Crippen LogP contribution in [0.15, 0.2) is 30.4 Å². The number of nitrogens with zero attached hydrogens (tertiary/aromatic N) is 4. The maximum atomic E-state index is 14.9. The molecule has 13 nitrogen and oxygen atoms in total. The van der Waals surface area contributed by atoms with Crippen molar-refractivity contribution < 1.29 is 37.1 Å². The number of benzene rings is 1. The first-order valence-corrected chi connectivity index (χ1v) is 25.4. The number of imidazole rings is 1. The molecule has 15 heteroatoms. The summed E-state index contributed by atoms with van der Waals surface area (Å²) < 4.78 is 42.6. The Hall–Kier alpha value is -4.11. The number of fused-ring (bicyclic) bond motifs is 4. The van der Waals surface area contributed by atoms with Gasteiger partial charge in [-0.25, -0.2) is 13.4 Å². The van der Waals surface area contributed by atoms with Crippen molar-refractivity contribution in [3.8, 4) is 16.6 Å². The average Bonchev–Trinajstić information content (AvgIpc) is 3.88. The first-order chi connectivity index (χ1) is 29.6. The number of allylic oxidation sites excluding steroid dienone is 2. The van der Waals surface area contributed by atoms with Gasteiger partial charge in [0.2, 0.25) is 21.8 Å². The second kappa shape index (κ2) is 16.7. The molecule has 1 N–H and O–H groups in total. The third kappa shape index (κ3) is 9.11. The fraction of sp³-hybridized carbons (Fsp3) is 0.667. The van der Waals surface area contributed by atoms with Crippen LogP contribution in [0.2, 0.25) is 0 Å². The highest BCUT2D eigenvalue weighted by Crippen LogP contribution is 2.58. The zero-order chi connectivity index (χ0) is 45.3. The maximum Gasteiger partial charge on any atom is 0.307 e. The Bertz CT molecular complexity index is 2440. The molecular weight excluding hydrogens is 839 g/mol. The molecule has 5 aliphatic rings. The SMILES string of the molecule is CC(C)n1c(O[C@@H]2C[C@H]3C(=O)C[C@]4(C(=O)NS(=O)(=O)C5(C)CC5)C[C@H]4/C=C\CCCCC[C@H](CC(=O)OC(C)(C)C)C(=O)N3C2)nc2c(-c3nc4c(s3)CCCC4(C)C)cccc21. The minimum absolute atomic E-state index is 0.00380. The first kappa shape index (κ1) is 45.5. The highest BCUT2D eigenvalue weighted by Gasteiger charge is 2.62. The Morgan fingerprint density at radius 2 is 1.79 bits per heavy atom. The molecule has 3 aliphatic carbocycles. The monoisotopic (exact) mass is 903 g/mol. The van der Waals surface area contributed by atoms with Crippen LogP contribution in [0.1, 0.15) is 155 Å². The average molecular weight is 904 g/mol. The lowest BCUT2D eigenvalue weighted by Crippen LogP contribution is -2.47. The van der Waals surface area contributed by atoms with E-state index in [0.717, 1.165) is 65.8 Å². The summed E-state index contributed by atoms with van der Waals surface area (Å²) in [5.41, 5.74) is 1.73. The van der Waals surface area contributed by atoms with E-state index in [-0.39, 0.29) is 54.9 Å². The quantitative estimate of drug-likeness (QED) is 0.162. The van der Waals surface area contributed by atoms with Crippen molar-refractivity contribution in [1.29, 1.82) is 0 Å². The Balaban J connectivity index is 1.13. The van der Waals surface area contributed by atoms with Crippen LogP contribution in [-0.2, 0) is 45.8 Å². The number of ether oxygens (including phenoxy) is 2. The summed E-state index contributed by atoms with van der Waals surface area (Å²) in [5.74, 6) is -2.87. The van der Waals surface area contributed by atoms with Gasteiger partial charge in [-0.2, -0.15) is 4.98 Å². The molecule has 0 bridgehead atoms. The molecule has 2 saturated carbocycles. The molecule has 2 amide bonds. The largest absolute Gasteiger partial charge is 0.460 e. The van der Waals surface area contributed by atoms with Crippen molar-refractivity contribution in [3.05, 3.63) is 40.9 Å². The van der Waals surface area contributed by atoms with E-state index >= 15 is 0 Å². The Morgan fingerprint density at radius 1 is 1.03 bits per heavy atom. The highest BCUT2D eigenvalue weighted by atomic mass is 32.2. The number of Topliss-reactive ketones (excluding diaryl/α,β-unsaturated/α-hetero) is 1. The van der Waals surface area contributed by atoms with Crippen molar-refractivity contribution >= 4 is 56.0 Å². The van der Waals surface area contributed by atoms with Crippen molar-refractivity contribution in [3.63, 3.8) is 0 Å². The first-order valence-electron chi connectivity index (χ1n) is 23.1. The van der Waals surface area contributed by atoms with Gasteiger partial charge in [-0.05, 0) is 117 Å². The molecule has 2 aliphatic heterocycles. The third-order valence-electron chi connectivity index (χ3n) is 14.0. The zero-order valence-corrected chi connectivity index (χ0v) is 39.9. The van der Waals surface area contributed by atoms with Gasteiger partial charge in [0.05, 0.1) is 40.4 Å². The highest BCUT2D eigenvalue weighted by molar-refractivity contribution is 7.91. The molecule has 3 fully saturated rings. The number of hydrogen-bond acceptors (Lipinski definition) is 11. The molecule has 5 atom stereocenters. The predicted molar refractivity (Wildman–Crippen MR) is 243 cm³/mol. The van der Waals surface area contributed by atoms with E-state index in [4.69, 9.17) is 19.4 Å². The van der Waals surface area contributed by atoms with Gasteiger partial charge < -0.3 is 14.4 Å². The Kier molecular flexibility index (Phi) is 12.1. The minimum Gasteiger partial charge on any atom is -0.460 e. The zero-order valence-electron chi connectivity index (χ0n) is 38.3. The van der Waals surface area contributed by atoms with Crippen LogP contribution in [0.4, 0.5) is 0 Å². The van der Waals surface area contributed by atoms with Crippen molar-refractivity contribution in [2.24, 2.45) is 17.3 Å². The molecule has 0 unspecified atom stereocenters. The van der Waals surface area contributed by atoms with Gasteiger partial charge in [-0.1, -0.05) is 44.9 Å². The van der Waals surface area contributed by atoms with Crippen LogP contribution in [0, 0.1) is 17.3 Å². The maximum absolute atomic E-state index is 14.9. The van der Waals surface area contributed by atoms with Gasteiger partial charge in [0.15, 0.2) is 5.78 Å². The van der Waals surface area contributed by atoms with Gasteiger partial charge >= 0.3 is 5.97 Å². The van der Waals surface area contributed by atoms with Gasteiger partial charge in [0.1, 0.15) is 22.2 Å². The smallest absolute Gasteiger partial charge is 0.307 e. The van der Waals surface area contributed by atoms with Gasteiger partial charge in [-0.15, -0.1) is 11.3 Å². The number of thiazole rings is 1. The molecule has 0 spiro atoms. The number of carbonyl (C=O) groups excluding carboxylic acids is 4. The lowest BCUT2D eigenvalue weighted by Gasteiger charge is -2.29. The third-order valence-corrected chi connectivity index (χ3v) is 17.4. The number of esters is 1. The summed E-state index contributed by atoms with van der Waals surface area (Å²) in [6.07, 6.45) is 11.1. The summed E-state index contributed by atoms with van der Waals surface area (Å²) in [4.78, 5) is 70.3. The lowest BCUT2D eigenvalue weighted by atomic mass is 9.79. The van der Waals surface area contributed by atoms with Crippen LogP contribution in [0.3, 0.4) is 0 Å². The van der Waals surface area contributed by atoms with Crippen LogP contribution >= 0.6 is 11.3 Å². The van der Waals surface area contributed by atoms with E-state index in [2.05, 4.69) is 38.5 Å².